The zero-order valence-corrected chi connectivity index (χ0v) is 13.0. The SMILES string of the molecule is C[C@@H](O)C(CO)OCn1ccc(NC(=O)CC(N)C(=O)O)nc1=O. The average molecular weight is 344 g/mol. The molecular weight excluding hydrogens is 324 g/mol. The van der Waals surface area contributed by atoms with Crippen molar-refractivity contribution in [3.8, 4) is 0 Å². The van der Waals surface area contributed by atoms with Crippen LogP contribution in [0.2, 0.25) is 0 Å². The summed E-state index contributed by atoms with van der Waals surface area (Å²) in [6, 6.07) is -0.0414. The fourth-order valence-corrected chi connectivity index (χ4v) is 1.60. The lowest BCUT2D eigenvalue weighted by molar-refractivity contribution is -0.140. The summed E-state index contributed by atoms with van der Waals surface area (Å²) in [6.07, 6.45) is -0.946. The van der Waals surface area contributed by atoms with Gasteiger partial charge in [0.15, 0.2) is 0 Å². The van der Waals surface area contributed by atoms with Gasteiger partial charge < -0.3 is 31.1 Å². The van der Waals surface area contributed by atoms with Crippen molar-refractivity contribution >= 4 is 17.7 Å². The van der Waals surface area contributed by atoms with Gasteiger partial charge >= 0.3 is 11.7 Å². The van der Waals surface area contributed by atoms with Crippen LogP contribution in [0.5, 0.6) is 0 Å². The largest absolute Gasteiger partial charge is 0.480 e. The summed E-state index contributed by atoms with van der Waals surface area (Å²) in [6.45, 7) is 0.764. The number of carboxylic acid groups (broad SMARTS) is 1. The molecule has 134 valence electrons. The lowest BCUT2D eigenvalue weighted by Crippen LogP contribution is -2.35. The number of carbonyl (C=O) groups is 2. The highest BCUT2D eigenvalue weighted by Crippen LogP contribution is 2.02. The van der Waals surface area contributed by atoms with Crippen molar-refractivity contribution in [2.24, 2.45) is 5.73 Å². The van der Waals surface area contributed by atoms with Crippen LogP contribution in [0.3, 0.4) is 0 Å². The number of anilines is 1. The van der Waals surface area contributed by atoms with E-state index in [4.69, 9.17) is 20.7 Å². The second-order valence-corrected chi connectivity index (χ2v) is 5.02. The van der Waals surface area contributed by atoms with Gasteiger partial charge in [0, 0.05) is 6.20 Å². The third-order valence-electron chi connectivity index (χ3n) is 3.01. The first-order valence-corrected chi connectivity index (χ1v) is 7.00. The Labute approximate surface area is 136 Å². The molecule has 2 unspecified atom stereocenters. The van der Waals surface area contributed by atoms with Gasteiger partial charge in [-0.25, -0.2) is 4.79 Å². The minimum absolute atomic E-state index is 0.0620. The maximum atomic E-state index is 11.8. The van der Waals surface area contributed by atoms with E-state index in [2.05, 4.69) is 10.3 Å². The van der Waals surface area contributed by atoms with Crippen molar-refractivity contribution in [2.75, 3.05) is 11.9 Å². The van der Waals surface area contributed by atoms with E-state index in [9.17, 15) is 19.5 Å². The number of carbonyl (C=O) groups excluding carboxylic acids is 1. The van der Waals surface area contributed by atoms with Crippen molar-refractivity contribution in [1.29, 1.82) is 0 Å². The number of aliphatic hydroxyl groups is 2. The van der Waals surface area contributed by atoms with Crippen LogP contribution in [-0.2, 0) is 21.1 Å². The van der Waals surface area contributed by atoms with Crippen molar-refractivity contribution in [3.05, 3.63) is 22.7 Å². The molecule has 0 saturated heterocycles. The van der Waals surface area contributed by atoms with E-state index < -0.39 is 48.8 Å². The molecule has 0 bridgehead atoms. The van der Waals surface area contributed by atoms with Gasteiger partial charge in [0.2, 0.25) is 5.91 Å². The minimum atomic E-state index is -1.35. The maximum absolute atomic E-state index is 11.8. The summed E-state index contributed by atoms with van der Waals surface area (Å²) in [7, 11) is 0. The lowest BCUT2D eigenvalue weighted by Gasteiger charge is -2.18. The number of carboxylic acids is 1. The molecule has 0 fully saturated rings. The van der Waals surface area contributed by atoms with Crippen LogP contribution in [-0.4, -0.2) is 61.6 Å². The molecule has 0 aliphatic heterocycles. The molecule has 0 aliphatic carbocycles. The molecular formula is C13H20N4O7. The summed E-state index contributed by atoms with van der Waals surface area (Å²) in [4.78, 5) is 37.5. The predicted molar refractivity (Wildman–Crippen MR) is 81.0 cm³/mol. The highest BCUT2D eigenvalue weighted by molar-refractivity contribution is 5.93. The Balaban J connectivity index is 2.66. The number of nitrogens with two attached hydrogens (primary N) is 1. The number of hydrogen-bond donors (Lipinski definition) is 5. The van der Waals surface area contributed by atoms with E-state index in [1.807, 2.05) is 0 Å². The molecule has 0 spiro atoms. The molecule has 0 aromatic carbocycles. The Morgan fingerprint density at radius 2 is 2.17 bits per heavy atom. The number of nitrogens with zero attached hydrogens (tertiary/aromatic N) is 2. The second-order valence-electron chi connectivity index (χ2n) is 5.02. The van der Waals surface area contributed by atoms with Gasteiger partial charge in [0.1, 0.15) is 24.7 Å². The highest BCUT2D eigenvalue weighted by atomic mass is 16.5. The highest BCUT2D eigenvalue weighted by Gasteiger charge is 2.17. The van der Waals surface area contributed by atoms with Crippen molar-refractivity contribution in [3.63, 3.8) is 0 Å². The Hall–Kier alpha value is -2.34. The van der Waals surface area contributed by atoms with Gasteiger partial charge in [-0.2, -0.15) is 4.98 Å². The van der Waals surface area contributed by atoms with Crippen LogP contribution in [0.1, 0.15) is 13.3 Å². The molecule has 6 N–H and O–H groups in total. The van der Waals surface area contributed by atoms with Crippen LogP contribution in [0.25, 0.3) is 0 Å². The Morgan fingerprint density at radius 1 is 1.50 bits per heavy atom. The Kier molecular flexibility index (Phi) is 7.45. The van der Waals surface area contributed by atoms with Crippen LogP contribution < -0.4 is 16.7 Å². The number of nitrogens with one attached hydrogen (secondary N) is 1. The van der Waals surface area contributed by atoms with E-state index in [-0.39, 0.29) is 12.5 Å². The molecule has 0 aliphatic rings. The summed E-state index contributed by atoms with van der Waals surface area (Å²) in [5, 5.41) is 29.2. The van der Waals surface area contributed by atoms with E-state index >= 15 is 0 Å². The quantitative estimate of drug-likeness (QED) is 0.329. The Bertz CT molecular complexity index is 631. The molecule has 0 radical (unpaired) electrons. The number of rotatable bonds is 9. The minimum Gasteiger partial charge on any atom is -0.480 e. The maximum Gasteiger partial charge on any atom is 0.351 e. The first kappa shape index (κ1) is 19.7. The van der Waals surface area contributed by atoms with Crippen molar-refractivity contribution in [1.82, 2.24) is 9.55 Å². The van der Waals surface area contributed by atoms with Gasteiger partial charge in [-0.05, 0) is 13.0 Å². The Morgan fingerprint density at radius 3 is 2.67 bits per heavy atom. The summed E-state index contributed by atoms with van der Waals surface area (Å²) >= 11 is 0. The number of amides is 1. The van der Waals surface area contributed by atoms with Crippen molar-refractivity contribution < 1.29 is 29.6 Å². The van der Waals surface area contributed by atoms with E-state index in [1.54, 1.807) is 0 Å². The summed E-state index contributed by atoms with van der Waals surface area (Å²) in [5.74, 6) is -2.07. The molecule has 0 saturated carbocycles. The zero-order chi connectivity index (χ0) is 18.3. The van der Waals surface area contributed by atoms with Crippen LogP contribution in [0.15, 0.2) is 17.1 Å². The van der Waals surface area contributed by atoms with Gasteiger partial charge in [0.05, 0.1) is 19.1 Å². The first-order chi connectivity index (χ1) is 11.2. The molecule has 1 rings (SSSR count). The molecule has 24 heavy (non-hydrogen) atoms. The second kappa shape index (κ2) is 9.08. The number of aromatic nitrogens is 2. The molecule has 11 nitrogen and oxygen atoms in total. The smallest absolute Gasteiger partial charge is 0.351 e. The number of ether oxygens (including phenoxy) is 1. The summed E-state index contributed by atoms with van der Waals surface area (Å²) in [5.41, 5.74) is 4.49. The standard InChI is InChI=1S/C13H20N4O7/c1-7(19)9(5-18)24-6-17-3-2-10(16-13(17)23)15-11(20)4-8(14)12(21)22/h2-3,7-9,18-19H,4-6,14H2,1H3,(H,21,22)(H,15,16,20,23)/t7-,8?,9?/m1/s1. The van der Waals surface area contributed by atoms with Gasteiger partial charge in [-0.1, -0.05) is 0 Å². The molecule has 11 heteroatoms. The first-order valence-electron chi connectivity index (χ1n) is 7.00. The number of aliphatic carboxylic acids is 1. The van der Waals surface area contributed by atoms with Crippen LogP contribution in [0, 0.1) is 0 Å². The fourth-order valence-electron chi connectivity index (χ4n) is 1.60. The molecule has 1 aromatic heterocycles. The molecule has 1 aromatic rings. The van der Waals surface area contributed by atoms with Gasteiger partial charge in [0.25, 0.3) is 0 Å². The normalized spacial score (nSPS) is 14.7. The molecule has 3 atom stereocenters. The monoisotopic (exact) mass is 344 g/mol. The number of aliphatic hydroxyl groups excluding tert-OH is 2. The topological polar surface area (TPSA) is 177 Å². The van der Waals surface area contributed by atoms with E-state index in [0.717, 1.165) is 4.57 Å². The van der Waals surface area contributed by atoms with E-state index in [1.165, 1.54) is 19.2 Å². The number of hydrogen-bond acceptors (Lipinski definition) is 8. The van der Waals surface area contributed by atoms with Crippen LogP contribution in [0.4, 0.5) is 5.82 Å². The predicted octanol–water partition coefficient (Wildman–Crippen LogP) is -2.30. The molecule has 1 amide bonds. The van der Waals surface area contributed by atoms with E-state index in [0.29, 0.717) is 0 Å². The van der Waals surface area contributed by atoms with Gasteiger partial charge in [-0.15, -0.1) is 0 Å². The summed E-state index contributed by atoms with van der Waals surface area (Å²) < 4.78 is 6.23. The average Bonchev–Trinajstić information content (AvgIpc) is 2.49. The van der Waals surface area contributed by atoms with Crippen LogP contribution >= 0.6 is 0 Å². The molecule has 1 heterocycles. The lowest BCUT2D eigenvalue weighted by atomic mass is 10.2. The fraction of sp³-hybridized carbons (Fsp3) is 0.538. The van der Waals surface area contributed by atoms with Crippen molar-refractivity contribution in [2.45, 2.75) is 38.3 Å². The third kappa shape index (κ3) is 6.04. The third-order valence-corrected chi connectivity index (χ3v) is 3.01. The van der Waals surface area contributed by atoms with Gasteiger partial charge in [-0.3, -0.25) is 14.2 Å². The zero-order valence-electron chi connectivity index (χ0n) is 13.0.